The second kappa shape index (κ2) is 9.14. The van der Waals surface area contributed by atoms with Crippen molar-refractivity contribution in [2.45, 2.75) is 13.3 Å². The number of benzene rings is 1. The van der Waals surface area contributed by atoms with Crippen molar-refractivity contribution < 1.29 is 23.5 Å². The van der Waals surface area contributed by atoms with Gasteiger partial charge in [0.1, 0.15) is 6.26 Å². The Balaban J connectivity index is 1.68. The van der Waals surface area contributed by atoms with Crippen LogP contribution in [0, 0.1) is 0 Å². The lowest BCUT2D eigenvalue weighted by Crippen LogP contribution is -2.50. The summed E-state index contributed by atoms with van der Waals surface area (Å²) in [5.74, 6) is 0.926. The van der Waals surface area contributed by atoms with Crippen LogP contribution in [0.25, 0.3) is 0 Å². The highest BCUT2D eigenvalue weighted by molar-refractivity contribution is 9.10. The Labute approximate surface area is 172 Å². The molecular formula is C20H23BrN2O5. The number of hydrogen-bond donors (Lipinski definition) is 0. The summed E-state index contributed by atoms with van der Waals surface area (Å²) in [5, 5.41) is 0. The van der Waals surface area contributed by atoms with Crippen molar-refractivity contribution in [3.05, 3.63) is 46.3 Å². The van der Waals surface area contributed by atoms with Crippen LogP contribution < -0.4 is 9.47 Å². The van der Waals surface area contributed by atoms with E-state index in [-0.39, 0.29) is 11.8 Å². The maximum atomic E-state index is 12.9. The van der Waals surface area contributed by atoms with Gasteiger partial charge in [-0.2, -0.15) is 0 Å². The number of halogens is 1. The number of carbonyl (C=O) groups is 2. The number of furan rings is 1. The minimum absolute atomic E-state index is 0.0808. The van der Waals surface area contributed by atoms with Crippen LogP contribution >= 0.6 is 15.9 Å². The summed E-state index contributed by atoms with van der Waals surface area (Å²) in [7, 11) is 1.55. The van der Waals surface area contributed by atoms with Crippen molar-refractivity contribution in [3.63, 3.8) is 0 Å². The molecule has 0 atom stereocenters. The van der Waals surface area contributed by atoms with Gasteiger partial charge >= 0.3 is 0 Å². The maximum Gasteiger partial charge on any atom is 0.257 e. The van der Waals surface area contributed by atoms with Gasteiger partial charge in [0.2, 0.25) is 0 Å². The molecule has 8 heteroatoms. The summed E-state index contributed by atoms with van der Waals surface area (Å²) < 4.78 is 16.8. The number of nitrogens with zero attached hydrogens (tertiary/aromatic N) is 2. The highest BCUT2D eigenvalue weighted by Crippen LogP contribution is 2.37. The van der Waals surface area contributed by atoms with Gasteiger partial charge in [0.25, 0.3) is 11.8 Å². The quantitative estimate of drug-likeness (QED) is 0.673. The van der Waals surface area contributed by atoms with E-state index in [1.54, 1.807) is 35.1 Å². The first-order valence-corrected chi connectivity index (χ1v) is 9.95. The van der Waals surface area contributed by atoms with E-state index in [9.17, 15) is 9.59 Å². The van der Waals surface area contributed by atoms with Gasteiger partial charge in [-0.15, -0.1) is 0 Å². The Hall–Kier alpha value is -2.48. The Morgan fingerprint density at radius 2 is 1.75 bits per heavy atom. The van der Waals surface area contributed by atoms with Gasteiger partial charge in [-0.1, -0.05) is 6.92 Å². The van der Waals surface area contributed by atoms with Crippen molar-refractivity contribution in [2.24, 2.45) is 0 Å². The lowest BCUT2D eigenvalue weighted by molar-refractivity contribution is 0.0535. The Morgan fingerprint density at radius 3 is 2.29 bits per heavy atom. The summed E-state index contributed by atoms with van der Waals surface area (Å²) in [6.45, 7) is 4.48. The first-order chi connectivity index (χ1) is 13.5. The second-order valence-electron chi connectivity index (χ2n) is 6.43. The highest BCUT2D eigenvalue weighted by Gasteiger charge is 2.27. The first kappa shape index (κ1) is 20.3. The van der Waals surface area contributed by atoms with E-state index in [4.69, 9.17) is 13.9 Å². The zero-order chi connectivity index (χ0) is 20.1. The predicted molar refractivity (Wildman–Crippen MR) is 107 cm³/mol. The molecule has 1 saturated heterocycles. The fraction of sp³-hybridized carbons (Fsp3) is 0.400. The molecule has 0 aliphatic carbocycles. The molecule has 2 aromatic rings. The van der Waals surface area contributed by atoms with Crippen molar-refractivity contribution in [3.8, 4) is 11.5 Å². The molecule has 2 amide bonds. The molecule has 1 aliphatic rings. The Kier molecular flexibility index (Phi) is 6.61. The molecule has 1 fully saturated rings. The second-order valence-corrected chi connectivity index (χ2v) is 7.29. The summed E-state index contributed by atoms with van der Waals surface area (Å²) in [6.07, 6.45) is 3.79. The summed E-state index contributed by atoms with van der Waals surface area (Å²) in [5.41, 5.74) is 1.04. The molecule has 2 heterocycles. The largest absolute Gasteiger partial charge is 0.493 e. The molecule has 1 aromatic heterocycles. The van der Waals surface area contributed by atoms with Gasteiger partial charge in [-0.25, -0.2) is 0 Å². The van der Waals surface area contributed by atoms with Gasteiger partial charge in [0.15, 0.2) is 11.5 Å². The van der Waals surface area contributed by atoms with Gasteiger partial charge in [-0.05, 0) is 40.5 Å². The fourth-order valence-corrected chi connectivity index (χ4v) is 3.61. The lowest BCUT2D eigenvalue weighted by atomic mass is 10.1. The standard InChI is InChI=1S/C20H23BrN2O5/c1-3-9-28-18-16(21)11-15(12-17(18)26-2)20(25)23-7-5-22(6-8-23)19(24)14-4-10-27-13-14/h4,10-13H,3,5-9H2,1-2H3. The number of amides is 2. The SMILES string of the molecule is CCCOc1c(Br)cc(C(=O)N2CCN(C(=O)c3ccoc3)CC2)cc1OC. The maximum absolute atomic E-state index is 12.9. The van der Waals surface area contributed by atoms with Crippen LogP contribution in [0.3, 0.4) is 0 Å². The zero-order valence-electron chi connectivity index (χ0n) is 15.9. The van der Waals surface area contributed by atoms with Crippen molar-refractivity contribution >= 4 is 27.7 Å². The molecule has 0 unspecified atom stereocenters. The summed E-state index contributed by atoms with van der Waals surface area (Å²) in [6, 6.07) is 5.09. The van der Waals surface area contributed by atoms with E-state index in [1.165, 1.54) is 12.5 Å². The van der Waals surface area contributed by atoms with Crippen LogP contribution in [0.4, 0.5) is 0 Å². The van der Waals surface area contributed by atoms with E-state index in [0.29, 0.717) is 59.9 Å². The predicted octanol–water partition coefficient (Wildman–Crippen LogP) is 3.44. The molecule has 28 heavy (non-hydrogen) atoms. The number of carbonyl (C=O) groups excluding carboxylic acids is 2. The molecule has 3 rings (SSSR count). The molecule has 0 N–H and O–H groups in total. The molecule has 0 bridgehead atoms. The molecule has 0 saturated carbocycles. The smallest absolute Gasteiger partial charge is 0.257 e. The minimum Gasteiger partial charge on any atom is -0.493 e. The summed E-state index contributed by atoms with van der Waals surface area (Å²) >= 11 is 3.47. The van der Waals surface area contributed by atoms with Crippen LogP contribution in [0.2, 0.25) is 0 Å². The van der Waals surface area contributed by atoms with Crippen molar-refractivity contribution in [2.75, 3.05) is 39.9 Å². The van der Waals surface area contributed by atoms with E-state index < -0.39 is 0 Å². The number of methoxy groups -OCH3 is 1. The molecule has 1 aliphatic heterocycles. The topological polar surface area (TPSA) is 72.2 Å². The molecule has 1 aromatic carbocycles. The number of piperazine rings is 1. The van der Waals surface area contributed by atoms with E-state index in [2.05, 4.69) is 15.9 Å². The van der Waals surface area contributed by atoms with E-state index in [0.717, 1.165) is 6.42 Å². The van der Waals surface area contributed by atoms with Crippen molar-refractivity contribution in [1.82, 2.24) is 9.80 Å². The molecule has 0 radical (unpaired) electrons. The molecule has 0 spiro atoms. The molecule has 150 valence electrons. The van der Waals surface area contributed by atoms with Gasteiger partial charge in [-0.3, -0.25) is 9.59 Å². The third-order valence-corrected chi connectivity index (χ3v) is 5.14. The normalized spacial score (nSPS) is 14.1. The van der Waals surface area contributed by atoms with E-state index >= 15 is 0 Å². The monoisotopic (exact) mass is 450 g/mol. The van der Waals surface area contributed by atoms with Gasteiger partial charge in [0, 0.05) is 31.7 Å². The van der Waals surface area contributed by atoms with E-state index in [1.807, 2.05) is 6.92 Å². The van der Waals surface area contributed by atoms with Crippen LogP contribution in [-0.4, -0.2) is 61.5 Å². The lowest BCUT2D eigenvalue weighted by Gasteiger charge is -2.34. The number of hydrogen-bond acceptors (Lipinski definition) is 5. The van der Waals surface area contributed by atoms with Crippen molar-refractivity contribution in [1.29, 1.82) is 0 Å². The first-order valence-electron chi connectivity index (χ1n) is 9.16. The average Bonchev–Trinajstić information content (AvgIpc) is 3.26. The van der Waals surface area contributed by atoms with Crippen LogP contribution in [0.1, 0.15) is 34.1 Å². The Morgan fingerprint density at radius 1 is 1.11 bits per heavy atom. The Bertz CT molecular complexity index is 829. The molecule has 7 nitrogen and oxygen atoms in total. The average molecular weight is 451 g/mol. The van der Waals surface area contributed by atoms with Crippen LogP contribution in [-0.2, 0) is 0 Å². The van der Waals surface area contributed by atoms with Gasteiger partial charge in [0.05, 0.1) is 30.0 Å². The summed E-state index contributed by atoms with van der Waals surface area (Å²) in [4.78, 5) is 28.8. The highest BCUT2D eigenvalue weighted by atomic mass is 79.9. The fourth-order valence-electron chi connectivity index (χ4n) is 3.05. The van der Waals surface area contributed by atoms with Gasteiger partial charge < -0.3 is 23.7 Å². The number of ether oxygens (including phenoxy) is 2. The zero-order valence-corrected chi connectivity index (χ0v) is 17.5. The van der Waals surface area contributed by atoms with Crippen LogP contribution in [0.5, 0.6) is 11.5 Å². The number of rotatable bonds is 6. The molecular weight excluding hydrogens is 428 g/mol. The third-order valence-electron chi connectivity index (χ3n) is 4.55. The van der Waals surface area contributed by atoms with Crippen LogP contribution in [0.15, 0.2) is 39.6 Å². The minimum atomic E-state index is -0.101. The third kappa shape index (κ3) is 4.32.